The maximum atomic E-state index is 13.8. The van der Waals surface area contributed by atoms with Gasteiger partial charge in [-0.05, 0) is 42.3 Å². The normalized spacial score (nSPS) is 16.3. The van der Waals surface area contributed by atoms with E-state index in [2.05, 4.69) is 9.97 Å². The lowest BCUT2D eigenvalue weighted by molar-refractivity contribution is -0.137. The van der Waals surface area contributed by atoms with Crippen LogP contribution >= 0.6 is 11.6 Å². The number of benzene rings is 1. The van der Waals surface area contributed by atoms with Crippen LogP contribution in [0.3, 0.4) is 0 Å². The van der Waals surface area contributed by atoms with Crippen LogP contribution < -0.4 is 9.80 Å². The first-order valence-corrected chi connectivity index (χ1v) is 12.5. The number of alkyl halides is 3. The number of carboxylic acid groups (broad SMARTS) is 1. The van der Waals surface area contributed by atoms with E-state index >= 15 is 0 Å². The molecule has 8 nitrogen and oxygen atoms in total. The molecule has 3 aromatic rings. The van der Waals surface area contributed by atoms with Gasteiger partial charge in [0, 0.05) is 57.1 Å². The molecule has 2 aliphatic rings. The average Bonchev–Trinajstić information content (AvgIpc) is 2.94. The highest BCUT2D eigenvalue weighted by atomic mass is 35.5. The summed E-state index contributed by atoms with van der Waals surface area (Å²) in [6, 6.07) is 8.28. The Morgan fingerprint density at radius 2 is 1.74 bits per heavy atom. The van der Waals surface area contributed by atoms with Gasteiger partial charge in [0.1, 0.15) is 17.5 Å². The van der Waals surface area contributed by atoms with Crippen LogP contribution in [0.5, 0.6) is 0 Å². The van der Waals surface area contributed by atoms with Crippen molar-refractivity contribution in [3.05, 3.63) is 70.9 Å². The summed E-state index contributed by atoms with van der Waals surface area (Å²) in [7, 11) is 0. The summed E-state index contributed by atoms with van der Waals surface area (Å²) >= 11 is 6.01. The molecule has 0 unspecified atom stereocenters. The summed E-state index contributed by atoms with van der Waals surface area (Å²) in [6.07, 6.45) is -2.02. The first kappa shape index (κ1) is 26.7. The third-order valence-corrected chi connectivity index (χ3v) is 6.98. The molecule has 0 bridgehead atoms. The molecule has 0 radical (unpaired) electrons. The predicted molar refractivity (Wildman–Crippen MR) is 138 cm³/mol. The Balaban J connectivity index is 1.45. The summed E-state index contributed by atoms with van der Waals surface area (Å²) < 4.78 is 54.4. The maximum Gasteiger partial charge on any atom is 0.419 e. The summed E-state index contributed by atoms with van der Waals surface area (Å²) in [5.74, 6) is 0.279. The highest BCUT2D eigenvalue weighted by molar-refractivity contribution is 6.31. The van der Waals surface area contributed by atoms with Crippen LogP contribution in [0.15, 0.2) is 48.7 Å². The quantitative estimate of drug-likeness (QED) is 0.424. The lowest BCUT2D eigenvalue weighted by atomic mass is 10.1. The number of anilines is 2. The van der Waals surface area contributed by atoms with Crippen LogP contribution in [0.1, 0.15) is 17.8 Å². The van der Waals surface area contributed by atoms with E-state index in [0.29, 0.717) is 42.4 Å². The molecule has 0 atom stereocenters. The predicted octanol–water partition coefficient (Wildman–Crippen LogP) is 5.44. The third kappa shape index (κ3) is 5.75. The summed E-state index contributed by atoms with van der Waals surface area (Å²) in [5.41, 5.74) is 1.05. The number of rotatable bonds is 4. The molecule has 13 heteroatoms. The van der Waals surface area contributed by atoms with Crippen molar-refractivity contribution < 1.29 is 27.5 Å². The molecule has 1 aromatic carbocycles. The van der Waals surface area contributed by atoms with Crippen molar-refractivity contribution in [3.8, 4) is 11.3 Å². The van der Waals surface area contributed by atoms with Gasteiger partial charge < -0.3 is 19.8 Å². The molecule has 1 fully saturated rings. The Labute approximate surface area is 226 Å². The second-order valence-electron chi connectivity index (χ2n) is 9.12. The molecule has 39 heavy (non-hydrogen) atoms. The number of pyridine rings is 1. The van der Waals surface area contributed by atoms with Gasteiger partial charge in [0.25, 0.3) is 0 Å². The van der Waals surface area contributed by atoms with Gasteiger partial charge in [0.2, 0.25) is 0 Å². The number of aromatic nitrogens is 3. The van der Waals surface area contributed by atoms with E-state index in [4.69, 9.17) is 16.6 Å². The van der Waals surface area contributed by atoms with Crippen LogP contribution in [0.4, 0.5) is 34.0 Å². The van der Waals surface area contributed by atoms with E-state index < -0.39 is 23.7 Å². The standard InChI is InChI=1S/C26H23ClF4N6O2/c27-19-14-17(3-4-20(19)28)21-15-22(34-23(33-21)16-5-8-37(9-6-16)25(38)39)35-10-12-36(13-11-35)24-18(26(29,30)31)2-1-7-32-24/h1-5,7,14-15H,6,8-13H2,(H,38,39). The van der Waals surface area contributed by atoms with Crippen molar-refractivity contribution in [1.29, 1.82) is 0 Å². The SMILES string of the molecule is O=C(O)N1CC=C(c2nc(-c3ccc(F)c(Cl)c3)cc(N3CCN(c4ncccc4C(F)(F)F)CC3)n2)CC1. The molecular formula is C26H23ClF4N6O2. The highest BCUT2D eigenvalue weighted by Gasteiger charge is 2.36. The van der Waals surface area contributed by atoms with Gasteiger partial charge in [-0.2, -0.15) is 13.2 Å². The zero-order valence-corrected chi connectivity index (χ0v) is 21.3. The fourth-order valence-corrected chi connectivity index (χ4v) is 4.79. The number of amides is 1. The second kappa shape index (κ2) is 10.7. The second-order valence-corrected chi connectivity index (χ2v) is 9.53. The maximum absolute atomic E-state index is 13.8. The molecule has 1 amide bonds. The topological polar surface area (TPSA) is 85.7 Å². The van der Waals surface area contributed by atoms with Gasteiger partial charge in [0.15, 0.2) is 5.82 Å². The van der Waals surface area contributed by atoms with E-state index in [0.717, 1.165) is 11.6 Å². The Bertz CT molecular complexity index is 1430. The van der Waals surface area contributed by atoms with Crippen molar-refractivity contribution in [2.24, 2.45) is 0 Å². The van der Waals surface area contributed by atoms with E-state index in [9.17, 15) is 27.5 Å². The number of hydrogen-bond donors (Lipinski definition) is 1. The van der Waals surface area contributed by atoms with Crippen LogP contribution in [0.2, 0.25) is 5.02 Å². The van der Waals surface area contributed by atoms with Crippen LogP contribution in [-0.4, -0.2) is 70.3 Å². The molecule has 2 aromatic heterocycles. The lowest BCUT2D eigenvalue weighted by Gasteiger charge is -2.37. The van der Waals surface area contributed by atoms with Crippen LogP contribution in [0.25, 0.3) is 16.8 Å². The number of hydrogen-bond acceptors (Lipinski definition) is 6. The van der Waals surface area contributed by atoms with Crippen molar-refractivity contribution in [2.45, 2.75) is 12.6 Å². The van der Waals surface area contributed by atoms with Gasteiger partial charge in [0.05, 0.1) is 16.3 Å². The van der Waals surface area contributed by atoms with Crippen molar-refractivity contribution in [2.75, 3.05) is 49.1 Å². The minimum absolute atomic E-state index is 0.0624. The highest BCUT2D eigenvalue weighted by Crippen LogP contribution is 2.36. The first-order chi connectivity index (χ1) is 18.6. The van der Waals surface area contributed by atoms with E-state index in [-0.39, 0.29) is 37.0 Å². The number of nitrogens with zero attached hydrogens (tertiary/aromatic N) is 6. The Morgan fingerprint density at radius 1 is 1.00 bits per heavy atom. The first-order valence-electron chi connectivity index (χ1n) is 12.1. The Kier molecular flexibility index (Phi) is 7.30. The van der Waals surface area contributed by atoms with Crippen LogP contribution in [0, 0.1) is 5.82 Å². The molecule has 0 spiro atoms. The molecule has 2 aliphatic heterocycles. The molecule has 4 heterocycles. The molecule has 1 N–H and O–H groups in total. The number of halogens is 5. The zero-order chi connectivity index (χ0) is 27.7. The molecule has 5 rings (SSSR count). The Hall–Kier alpha value is -3.93. The summed E-state index contributed by atoms with van der Waals surface area (Å²) in [4.78, 5) is 29.5. The van der Waals surface area contributed by atoms with Gasteiger partial charge in [-0.25, -0.2) is 24.1 Å². The third-order valence-electron chi connectivity index (χ3n) is 6.69. The van der Waals surface area contributed by atoms with Crippen molar-refractivity contribution >= 4 is 34.9 Å². The van der Waals surface area contributed by atoms with Crippen LogP contribution in [-0.2, 0) is 6.18 Å². The lowest BCUT2D eigenvalue weighted by Crippen LogP contribution is -2.47. The minimum Gasteiger partial charge on any atom is -0.465 e. The van der Waals surface area contributed by atoms with E-state index in [1.807, 2.05) is 4.90 Å². The van der Waals surface area contributed by atoms with Gasteiger partial charge in [-0.3, -0.25) is 0 Å². The fraction of sp³-hybridized carbons (Fsp3) is 0.308. The van der Waals surface area contributed by atoms with Crippen molar-refractivity contribution in [1.82, 2.24) is 19.9 Å². The molecule has 1 saturated heterocycles. The number of carbonyl (C=O) groups is 1. The van der Waals surface area contributed by atoms with Gasteiger partial charge in [-0.15, -0.1) is 0 Å². The minimum atomic E-state index is -4.52. The Morgan fingerprint density at radius 3 is 2.38 bits per heavy atom. The summed E-state index contributed by atoms with van der Waals surface area (Å²) in [6.45, 7) is 1.80. The van der Waals surface area contributed by atoms with E-state index in [1.165, 1.54) is 29.3 Å². The smallest absolute Gasteiger partial charge is 0.419 e. The number of piperazine rings is 1. The zero-order valence-electron chi connectivity index (χ0n) is 20.5. The average molecular weight is 563 g/mol. The van der Waals surface area contributed by atoms with E-state index in [1.54, 1.807) is 23.1 Å². The van der Waals surface area contributed by atoms with Crippen molar-refractivity contribution in [3.63, 3.8) is 0 Å². The summed E-state index contributed by atoms with van der Waals surface area (Å²) in [5, 5.41) is 9.20. The molecule has 204 valence electrons. The van der Waals surface area contributed by atoms with Gasteiger partial charge in [-0.1, -0.05) is 17.7 Å². The molecule has 0 aliphatic carbocycles. The van der Waals surface area contributed by atoms with Gasteiger partial charge >= 0.3 is 12.3 Å². The largest absolute Gasteiger partial charge is 0.465 e. The molecule has 0 saturated carbocycles. The fourth-order valence-electron chi connectivity index (χ4n) is 4.61. The monoisotopic (exact) mass is 562 g/mol. The molecular weight excluding hydrogens is 540 g/mol.